The van der Waals surface area contributed by atoms with Gasteiger partial charge >= 0.3 is 0 Å². The highest BCUT2D eigenvalue weighted by molar-refractivity contribution is 5.77. The zero-order valence-electron chi connectivity index (χ0n) is 7.38. The predicted octanol–water partition coefficient (Wildman–Crippen LogP) is 0.663. The van der Waals surface area contributed by atoms with E-state index in [2.05, 4.69) is 4.99 Å². The zero-order chi connectivity index (χ0) is 8.27. The van der Waals surface area contributed by atoms with E-state index in [1.165, 1.54) is 12.8 Å². The summed E-state index contributed by atoms with van der Waals surface area (Å²) in [5, 5.41) is 0. The van der Waals surface area contributed by atoms with Gasteiger partial charge in [0.2, 0.25) is 0 Å². The molecule has 0 unspecified atom stereocenters. The molecule has 1 fully saturated rings. The molecule has 0 aliphatic heterocycles. The van der Waals surface area contributed by atoms with E-state index in [0.29, 0.717) is 5.96 Å². The Bertz CT molecular complexity index is 149. The van der Waals surface area contributed by atoms with Crippen LogP contribution in [0.15, 0.2) is 4.99 Å². The van der Waals surface area contributed by atoms with Crippen molar-refractivity contribution in [3.63, 3.8) is 0 Å². The van der Waals surface area contributed by atoms with Gasteiger partial charge in [0.15, 0.2) is 5.96 Å². The molecule has 3 heteroatoms. The van der Waals surface area contributed by atoms with Crippen LogP contribution in [0.3, 0.4) is 0 Å². The molecule has 0 bridgehead atoms. The van der Waals surface area contributed by atoms with E-state index in [1.54, 1.807) is 0 Å². The standard InChI is InChI=1S/C8H17N3/c1-3-10-8(9)11(2)6-7-4-5-7/h7H,3-6H2,1-2H3,(H2,9,10). The summed E-state index contributed by atoms with van der Waals surface area (Å²) in [6, 6.07) is 0. The largest absolute Gasteiger partial charge is 0.370 e. The van der Waals surface area contributed by atoms with Crippen molar-refractivity contribution in [1.82, 2.24) is 4.90 Å². The SMILES string of the molecule is CCN=C(N)N(C)CC1CC1. The Morgan fingerprint density at radius 3 is 2.73 bits per heavy atom. The Hall–Kier alpha value is -0.730. The maximum Gasteiger partial charge on any atom is 0.190 e. The van der Waals surface area contributed by atoms with Gasteiger partial charge in [0.25, 0.3) is 0 Å². The molecule has 0 aromatic carbocycles. The fourth-order valence-corrected chi connectivity index (χ4v) is 1.06. The van der Waals surface area contributed by atoms with Crippen molar-refractivity contribution in [3.05, 3.63) is 0 Å². The van der Waals surface area contributed by atoms with Crippen LogP contribution in [0.5, 0.6) is 0 Å². The van der Waals surface area contributed by atoms with Crippen LogP contribution in [0.4, 0.5) is 0 Å². The van der Waals surface area contributed by atoms with Gasteiger partial charge < -0.3 is 10.6 Å². The second-order valence-corrected chi connectivity index (χ2v) is 3.16. The lowest BCUT2D eigenvalue weighted by Crippen LogP contribution is -2.35. The van der Waals surface area contributed by atoms with E-state index in [4.69, 9.17) is 5.73 Å². The van der Waals surface area contributed by atoms with Crippen LogP contribution in [0.2, 0.25) is 0 Å². The van der Waals surface area contributed by atoms with Gasteiger partial charge in [-0.05, 0) is 25.7 Å². The average molecular weight is 155 g/mol. The summed E-state index contributed by atoms with van der Waals surface area (Å²) in [7, 11) is 2.01. The van der Waals surface area contributed by atoms with Gasteiger partial charge in [0.1, 0.15) is 0 Å². The molecule has 11 heavy (non-hydrogen) atoms. The maximum atomic E-state index is 5.68. The minimum atomic E-state index is 0.680. The van der Waals surface area contributed by atoms with Gasteiger partial charge in [0, 0.05) is 20.1 Å². The maximum absolute atomic E-state index is 5.68. The minimum Gasteiger partial charge on any atom is -0.370 e. The summed E-state index contributed by atoms with van der Waals surface area (Å²) < 4.78 is 0. The Morgan fingerprint density at radius 1 is 1.64 bits per heavy atom. The van der Waals surface area contributed by atoms with Crippen LogP contribution < -0.4 is 5.73 Å². The molecule has 3 nitrogen and oxygen atoms in total. The molecule has 0 atom stereocenters. The molecule has 1 aliphatic carbocycles. The Labute approximate surface area is 68.3 Å². The quantitative estimate of drug-likeness (QED) is 0.480. The van der Waals surface area contributed by atoms with Crippen molar-refractivity contribution in [3.8, 4) is 0 Å². The number of guanidine groups is 1. The minimum absolute atomic E-state index is 0.680. The highest BCUT2D eigenvalue weighted by Crippen LogP contribution is 2.29. The number of nitrogens with zero attached hydrogens (tertiary/aromatic N) is 2. The third-order valence-corrected chi connectivity index (χ3v) is 1.94. The van der Waals surface area contributed by atoms with Gasteiger partial charge in [-0.25, -0.2) is 0 Å². The number of aliphatic imine (C=N–C) groups is 1. The molecule has 0 saturated heterocycles. The fourth-order valence-electron chi connectivity index (χ4n) is 1.06. The zero-order valence-corrected chi connectivity index (χ0v) is 7.38. The van der Waals surface area contributed by atoms with Crippen LogP contribution in [-0.4, -0.2) is 31.0 Å². The van der Waals surface area contributed by atoms with Gasteiger partial charge in [-0.3, -0.25) is 4.99 Å². The second-order valence-electron chi connectivity index (χ2n) is 3.16. The average Bonchev–Trinajstić information content (AvgIpc) is 2.72. The van der Waals surface area contributed by atoms with E-state index >= 15 is 0 Å². The lowest BCUT2D eigenvalue weighted by Gasteiger charge is -2.16. The molecule has 1 saturated carbocycles. The lowest BCUT2D eigenvalue weighted by atomic mass is 10.4. The Balaban J connectivity index is 2.26. The van der Waals surface area contributed by atoms with Gasteiger partial charge in [-0.1, -0.05) is 0 Å². The molecule has 0 amide bonds. The van der Waals surface area contributed by atoms with Crippen LogP contribution in [0.1, 0.15) is 19.8 Å². The fraction of sp³-hybridized carbons (Fsp3) is 0.875. The first kappa shape index (κ1) is 8.37. The Kier molecular flexibility index (Phi) is 2.74. The first-order chi connectivity index (χ1) is 5.24. The summed E-state index contributed by atoms with van der Waals surface area (Å²) >= 11 is 0. The molecule has 1 rings (SSSR count). The molecule has 0 heterocycles. The summed E-state index contributed by atoms with van der Waals surface area (Å²) in [4.78, 5) is 6.17. The first-order valence-electron chi connectivity index (χ1n) is 4.25. The molecule has 64 valence electrons. The molecule has 0 spiro atoms. The summed E-state index contributed by atoms with van der Waals surface area (Å²) in [6.07, 6.45) is 2.73. The molecule has 1 aliphatic rings. The van der Waals surface area contributed by atoms with Gasteiger partial charge in [0.05, 0.1) is 0 Å². The monoisotopic (exact) mass is 155 g/mol. The van der Waals surface area contributed by atoms with E-state index in [-0.39, 0.29) is 0 Å². The van der Waals surface area contributed by atoms with Crippen molar-refractivity contribution in [2.45, 2.75) is 19.8 Å². The van der Waals surface area contributed by atoms with E-state index in [0.717, 1.165) is 19.0 Å². The van der Waals surface area contributed by atoms with Crippen molar-refractivity contribution < 1.29 is 0 Å². The summed E-state index contributed by atoms with van der Waals surface area (Å²) in [5.74, 6) is 1.56. The summed E-state index contributed by atoms with van der Waals surface area (Å²) in [5.41, 5.74) is 5.68. The molecule has 0 aromatic rings. The van der Waals surface area contributed by atoms with E-state index < -0.39 is 0 Å². The van der Waals surface area contributed by atoms with Gasteiger partial charge in [-0.15, -0.1) is 0 Å². The van der Waals surface area contributed by atoms with Crippen molar-refractivity contribution in [2.75, 3.05) is 20.1 Å². The molecule has 0 aromatic heterocycles. The number of nitrogens with two attached hydrogens (primary N) is 1. The van der Waals surface area contributed by atoms with Crippen LogP contribution in [0.25, 0.3) is 0 Å². The molecule has 2 N–H and O–H groups in total. The highest BCUT2D eigenvalue weighted by atomic mass is 15.2. The lowest BCUT2D eigenvalue weighted by molar-refractivity contribution is 0.469. The van der Waals surface area contributed by atoms with E-state index in [9.17, 15) is 0 Å². The number of hydrogen-bond acceptors (Lipinski definition) is 1. The second kappa shape index (κ2) is 3.60. The predicted molar refractivity (Wildman–Crippen MR) is 47.5 cm³/mol. The van der Waals surface area contributed by atoms with Crippen LogP contribution in [0, 0.1) is 5.92 Å². The van der Waals surface area contributed by atoms with Crippen molar-refractivity contribution in [1.29, 1.82) is 0 Å². The molecular formula is C8H17N3. The number of hydrogen-bond donors (Lipinski definition) is 1. The van der Waals surface area contributed by atoms with Gasteiger partial charge in [-0.2, -0.15) is 0 Å². The van der Waals surface area contributed by atoms with Crippen molar-refractivity contribution >= 4 is 5.96 Å². The molecule has 0 radical (unpaired) electrons. The van der Waals surface area contributed by atoms with Crippen LogP contribution >= 0.6 is 0 Å². The summed E-state index contributed by atoms with van der Waals surface area (Å²) in [6.45, 7) is 3.86. The molecular weight excluding hydrogens is 138 g/mol. The van der Waals surface area contributed by atoms with E-state index in [1.807, 2.05) is 18.9 Å². The smallest absolute Gasteiger partial charge is 0.190 e. The topological polar surface area (TPSA) is 41.6 Å². The third-order valence-electron chi connectivity index (χ3n) is 1.94. The Morgan fingerprint density at radius 2 is 2.27 bits per heavy atom. The number of rotatable bonds is 3. The highest BCUT2D eigenvalue weighted by Gasteiger charge is 2.23. The first-order valence-corrected chi connectivity index (χ1v) is 4.25. The van der Waals surface area contributed by atoms with Crippen LogP contribution in [-0.2, 0) is 0 Å². The van der Waals surface area contributed by atoms with Crippen molar-refractivity contribution in [2.24, 2.45) is 16.6 Å². The third kappa shape index (κ3) is 2.78. The normalized spacial score (nSPS) is 18.5.